The number of carbonyl (C=O) groups is 2. The van der Waals surface area contributed by atoms with Crippen LogP contribution in [0.2, 0.25) is 0 Å². The van der Waals surface area contributed by atoms with Crippen LogP contribution in [0.1, 0.15) is 32.1 Å². The monoisotopic (exact) mass is 243 g/mol. The molecule has 0 saturated carbocycles. The number of rotatable bonds is 1. The van der Waals surface area contributed by atoms with Gasteiger partial charge >= 0.3 is 11.9 Å². The second-order valence-corrected chi connectivity index (χ2v) is 4.09. The Bertz CT molecular complexity index is 688. The van der Waals surface area contributed by atoms with Gasteiger partial charge in [-0.3, -0.25) is 0 Å². The fourth-order valence-corrected chi connectivity index (χ4v) is 1.92. The predicted molar refractivity (Wildman–Crippen MR) is 60.6 cm³/mol. The number of carbonyl (C=O) groups excluding carboxylic acids is 2. The smallest absolute Gasteiger partial charge is 0.369 e. The molecule has 1 aliphatic heterocycles. The molecular formula is C12H9N3O3. The van der Waals surface area contributed by atoms with Crippen molar-refractivity contribution < 1.29 is 14.3 Å². The van der Waals surface area contributed by atoms with Crippen molar-refractivity contribution in [1.82, 2.24) is 15.0 Å². The molecule has 18 heavy (non-hydrogen) atoms. The highest BCUT2D eigenvalue weighted by Crippen LogP contribution is 2.23. The number of esters is 2. The summed E-state index contributed by atoms with van der Waals surface area (Å²) in [4.78, 5) is 22.9. The van der Waals surface area contributed by atoms with Crippen LogP contribution in [0.25, 0.3) is 5.69 Å². The van der Waals surface area contributed by atoms with Crippen molar-refractivity contribution in [1.29, 1.82) is 0 Å². The van der Waals surface area contributed by atoms with Crippen LogP contribution in [0, 0.1) is 13.8 Å². The van der Waals surface area contributed by atoms with Gasteiger partial charge in [0.25, 0.3) is 0 Å². The van der Waals surface area contributed by atoms with Crippen LogP contribution in [0.5, 0.6) is 0 Å². The molecule has 1 aliphatic rings. The van der Waals surface area contributed by atoms with Gasteiger partial charge in [-0.1, -0.05) is 17.3 Å². The van der Waals surface area contributed by atoms with Crippen molar-refractivity contribution in [2.75, 3.05) is 0 Å². The molecule has 0 N–H and O–H groups in total. The van der Waals surface area contributed by atoms with Gasteiger partial charge < -0.3 is 4.74 Å². The van der Waals surface area contributed by atoms with Gasteiger partial charge in [0.2, 0.25) is 5.69 Å². The molecule has 90 valence electrons. The SMILES string of the molecule is Cc1cccc(-n2nnc3c2C(=O)OC3=O)c1C. The zero-order valence-corrected chi connectivity index (χ0v) is 9.80. The van der Waals surface area contributed by atoms with E-state index in [1.54, 1.807) is 0 Å². The highest BCUT2D eigenvalue weighted by molar-refractivity contribution is 6.12. The molecule has 2 aromatic rings. The largest absolute Gasteiger partial charge is 0.383 e. The highest BCUT2D eigenvalue weighted by atomic mass is 16.6. The maximum atomic E-state index is 11.6. The van der Waals surface area contributed by atoms with Gasteiger partial charge in [0.05, 0.1) is 5.69 Å². The lowest BCUT2D eigenvalue weighted by Crippen LogP contribution is -2.09. The first-order chi connectivity index (χ1) is 8.59. The number of ether oxygens (including phenoxy) is 1. The molecule has 0 fully saturated rings. The zero-order chi connectivity index (χ0) is 12.9. The number of cyclic esters (lactones) is 2. The quantitative estimate of drug-likeness (QED) is 0.555. The van der Waals surface area contributed by atoms with Gasteiger partial charge in [-0.2, -0.15) is 0 Å². The second-order valence-electron chi connectivity index (χ2n) is 4.09. The lowest BCUT2D eigenvalue weighted by molar-refractivity contribution is 0.0434. The van der Waals surface area contributed by atoms with Gasteiger partial charge in [-0.15, -0.1) is 5.10 Å². The Morgan fingerprint density at radius 2 is 1.94 bits per heavy atom. The first-order valence-electron chi connectivity index (χ1n) is 5.38. The molecule has 2 heterocycles. The molecule has 0 amide bonds. The van der Waals surface area contributed by atoms with Crippen LogP contribution in [-0.4, -0.2) is 26.9 Å². The molecule has 0 spiro atoms. The van der Waals surface area contributed by atoms with Crippen LogP contribution in [0.15, 0.2) is 18.2 Å². The first kappa shape index (κ1) is 10.6. The van der Waals surface area contributed by atoms with Gasteiger partial charge in [0.1, 0.15) is 0 Å². The summed E-state index contributed by atoms with van der Waals surface area (Å²) in [6.07, 6.45) is 0. The molecule has 1 aromatic carbocycles. The molecule has 1 aromatic heterocycles. The van der Waals surface area contributed by atoms with Crippen molar-refractivity contribution in [2.24, 2.45) is 0 Å². The lowest BCUT2D eigenvalue weighted by atomic mass is 10.1. The third kappa shape index (κ3) is 1.29. The molecular weight excluding hydrogens is 234 g/mol. The van der Waals surface area contributed by atoms with Crippen LogP contribution in [0.3, 0.4) is 0 Å². The standard InChI is InChI=1S/C12H9N3O3/c1-6-4-3-5-8(7(6)2)15-10-9(13-14-15)11(16)18-12(10)17/h3-5H,1-2H3. The van der Waals surface area contributed by atoms with Crippen molar-refractivity contribution in [3.05, 3.63) is 40.7 Å². The summed E-state index contributed by atoms with van der Waals surface area (Å²) in [7, 11) is 0. The molecule has 0 aliphatic carbocycles. The minimum Gasteiger partial charge on any atom is -0.383 e. The Balaban J connectivity index is 2.26. The number of nitrogens with zero attached hydrogens (tertiary/aromatic N) is 3. The minimum absolute atomic E-state index is 0.0269. The van der Waals surface area contributed by atoms with E-state index in [0.717, 1.165) is 16.8 Å². The second kappa shape index (κ2) is 3.49. The maximum Gasteiger partial charge on any atom is 0.369 e. The van der Waals surface area contributed by atoms with Crippen LogP contribution >= 0.6 is 0 Å². The molecule has 0 unspecified atom stereocenters. The van der Waals surface area contributed by atoms with Crippen LogP contribution in [0.4, 0.5) is 0 Å². The van der Waals surface area contributed by atoms with Crippen molar-refractivity contribution >= 4 is 11.9 Å². The van der Waals surface area contributed by atoms with E-state index in [1.807, 2.05) is 32.0 Å². The minimum atomic E-state index is -0.744. The summed E-state index contributed by atoms with van der Waals surface area (Å²) in [5.74, 6) is -1.45. The molecule has 0 saturated heterocycles. The van der Waals surface area contributed by atoms with E-state index in [0.29, 0.717) is 0 Å². The number of aryl methyl sites for hydroxylation is 1. The summed E-state index contributed by atoms with van der Waals surface area (Å²) >= 11 is 0. The third-order valence-electron chi connectivity index (χ3n) is 3.05. The summed E-state index contributed by atoms with van der Waals surface area (Å²) in [6, 6.07) is 5.63. The van der Waals surface area contributed by atoms with Gasteiger partial charge in [0.15, 0.2) is 5.69 Å². The van der Waals surface area contributed by atoms with E-state index in [1.165, 1.54) is 4.68 Å². The van der Waals surface area contributed by atoms with E-state index < -0.39 is 11.9 Å². The normalized spacial score (nSPS) is 13.7. The number of aromatic nitrogens is 3. The zero-order valence-electron chi connectivity index (χ0n) is 9.80. The number of fused-ring (bicyclic) bond motifs is 1. The third-order valence-corrected chi connectivity index (χ3v) is 3.05. The van der Waals surface area contributed by atoms with Crippen molar-refractivity contribution in [3.63, 3.8) is 0 Å². The fourth-order valence-electron chi connectivity index (χ4n) is 1.92. The van der Waals surface area contributed by atoms with Crippen molar-refractivity contribution in [2.45, 2.75) is 13.8 Å². The molecule has 0 atom stereocenters. The summed E-state index contributed by atoms with van der Waals surface area (Å²) in [5.41, 5.74) is 2.82. The van der Waals surface area contributed by atoms with E-state index in [2.05, 4.69) is 15.0 Å². The Labute approximate surface area is 102 Å². The van der Waals surface area contributed by atoms with Crippen LogP contribution in [-0.2, 0) is 4.74 Å². The molecule has 6 heteroatoms. The molecule has 3 rings (SSSR count). The highest BCUT2D eigenvalue weighted by Gasteiger charge is 2.37. The fraction of sp³-hybridized carbons (Fsp3) is 0.167. The number of benzene rings is 1. The van der Waals surface area contributed by atoms with Crippen molar-refractivity contribution in [3.8, 4) is 5.69 Å². The number of hydrogen-bond acceptors (Lipinski definition) is 5. The summed E-state index contributed by atoms with van der Waals surface area (Å²) in [5, 5.41) is 7.55. The Morgan fingerprint density at radius 3 is 2.72 bits per heavy atom. The van der Waals surface area contributed by atoms with E-state index >= 15 is 0 Å². The van der Waals surface area contributed by atoms with Gasteiger partial charge in [-0.25, -0.2) is 14.3 Å². The topological polar surface area (TPSA) is 74.1 Å². The average molecular weight is 243 g/mol. The van der Waals surface area contributed by atoms with E-state index in [9.17, 15) is 9.59 Å². The molecule has 0 radical (unpaired) electrons. The average Bonchev–Trinajstić information content (AvgIpc) is 2.87. The summed E-state index contributed by atoms with van der Waals surface area (Å²) in [6.45, 7) is 3.88. The molecule has 6 nitrogen and oxygen atoms in total. The Hall–Kier alpha value is -2.50. The molecule has 0 bridgehead atoms. The Kier molecular flexibility index (Phi) is 2.07. The Morgan fingerprint density at radius 1 is 1.17 bits per heavy atom. The lowest BCUT2D eigenvalue weighted by Gasteiger charge is -2.08. The van der Waals surface area contributed by atoms with Gasteiger partial charge in [-0.05, 0) is 31.0 Å². The van der Waals surface area contributed by atoms with Crippen LogP contribution < -0.4 is 0 Å². The maximum absolute atomic E-state index is 11.6. The predicted octanol–water partition coefficient (Wildman–Crippen LogP) is 1.19. The summed E-state index contributed by atoms with van der Waals surface area (Å²) < 4.78 is 5.85. The first-order valence-corrected chi connectivity index (χ1v) is 5.38. The van der Waals surface area contributed by atoms with E-state index in [-0.39, 0.29) is 11.4 Å². The van der Waals surface area contributed by atoms with E-state index in [4.69, 9.17) is 0 Å². The number of hydrogen-bond donors (Lipinski definition) is 0. The van der Waals surface area contributed by atoms with Gasteiger partial charge in [0, 0.05) is 0 Å².